The fraction of sp³-hybridized carbons (Fsp3) is 0.562. The Kier molecular flexibility index (Phi) is 4.59. The van der Waals surface area contributed by atoms with Crippen LogP contribution >= 0.6 is 0 Å². The van der Waals surface area contributed by atoms with Gasteiger partial charge in [0.2, 0.25) is 0 Å². The molecule has 19 heavy (non-hydrogen) atoms. The number of hydrogen-bond donors (Lipinski definition) is 1. The number of esters is 1. The molecule has 3 heteroatoms. The van der Waals surface area contributed by atoms with Crippen LogP contribution in [-0.2, 0) is 9.53 Å². The summed E-state index contributed by atoms with van der Waals surface area (Å²) in [5, 5.41) is 9.88. The van der Waals surface area contributed by atoms with Gasteiger partial charge in [-0.1, -0.05) is 44.0 Å². The predicted molar refractivity (Wildman–Crippen MR) is 73.8 cm³/mol. The molecule has 0 heterocycles. The molecule has 1 saturated carbocycles. The predicted octanol–water partition coefficient (Wildman–Crippen LogP) is 3.19. The van der Waals surface area contributed by atoms with Crippen molar-refractivity contribution >= 4 is 5.97 Å². The average Bonchev–Trinajstić information content (AvgIpc) is 2.46. The lowest BCUT2D eigenvalue weighted by Gasteiger charge is -2.27. The van der Waals surface area contributed by atoms with E-state index in [9.17, 15) is 9.90 Å². The van der Waals surface area contributed by atoms with E-state index in [0.717, 1.165) is 5.92 Å². The maximum atomic E-state index is 11.4. The van der Waals surface area contributed by atoms with Crippen molar-refractivity contribution in [2.45, 2.75) is 44.6 Å². The van der Waals surface area contributed by atoms with Crippen LogP contribution in [0.5, 0.6) is 0 Å². The minimum atomic E-state index is -1.17. The number of carbonyl (C=O) groups excluding carboxylic acids is 1. The third-order valence-electron chi connectivity index (χ3n) is 4.14. The second-order valence-electron chi connectivity index (χ2n) is 5.55. The molecule has 0 aromatic heterocycles. The highest BCUT2D eigenvalue weighted by molar-refractivity contribution is 5.76. The van der Waals surface area contributed by atoms with Crippen LogP contribution in [0, 0.1) is 5.92 Å². The Hall–Kier alpha value is -1.35. The van der Waals surface area contributed by atoms with Gasteiger partial charge in [0.15, 0.2) is 6.10 Å². The minimum Gasteiger partial charge on any atom is -0.467 e. The number of methoxy groups -OCH3 is 1. The maximum absolute atomic E-state index is 11.4. The number of benzene rings is 1. The Balaban J connectivity index is 2.13. The van der Waals surface area contributed by atoms with Crippen LogP contribution in [0.15, 0.2) is 24.3 Å². The highest BCUT2D eigenvalue weighted by atomic mass is 16.5. The molecular formula is C16H22O3. The zero-order valence-corrected chi connectivity index (χ0v) is 11.6. The van der Waals surface area contributed by atoms with Crippen LogP contribution in [-0.4, -0.2) is 18.2 Å². The van der Waals surface area contributed by atoms with Crippen molar-refractivity contribution in [2.75, 3.05) is 7.11 Å². The Morgan fingerprint density at radius 1 is 1.32 bits per heavy atom. The number of aliphatic hydroxyl groups is 1. The van der Waals surface area contributed by atoms with Crippen molar-refractivity contribution in [1.82, 2.24) is 0 Å². The Morgan fingerprint density at radius 3 is 2.63 bits per heavy atom. The quantitative estimate of drug-likeness (QED) is 0.851. The van der Waals surface area contributed by atoms with Gasteiger partial charge in [-0.3, -0.25) is 0 Å². The molecule has 1 aliphatic carbocycles. The van der Waals surface area contributed by atoms with E-state index in [4.69, 9.17) is 0 Å². The van der Waals surface area contributed by atoms with Crippen LogP contribution in [0.25, 0.3) is 0 Å². The number of rotatable bonds is 3. The third kappa shape index (κ3) is 3.35. The van der Waals surface area contributed by atoms with Gasteiger partial charge in [0, 0.05) is 0 Å². The van der Waals surface area contributed by atoms with Crippen molar-refractivity contribution in [1.29, 1.82) is 0 Å². The summed E-state index contributed by atoms with van der Waals surface area (Å²) >= 11 is 0. The van der Waals surface area contributed by atoms with E-state index in [0.29, 0.717) is 11.5 Å². The molecule has 0 saturated heterocycles. The van der Waals surface area contributed by atoms with Gasteiger partial charge < -0.3 is 9.84 Å². The van der Waals surface area contributed by atoms with Gasteiger partial charge >= 0.3 is 5.97 Å². The zero-order chi connectivity index (χ0) is 13.8. The van der Waals surface area contributed by atoms with E-state index in [1.807, 2.05) is 12.1 Å². The van der Waals surface area contributed by atoms with Crippen LogP contribution in [0.3, 0.4) is 0 Å². The molecule has 104 valence electrons. The fourth-order valence-corrected chi connectivity index (χ4v) is 2.82. The van der Waals surface area contributed by atoms with Gasteiger partial charge in [0.1, 0.15) is 0 Å². The molecule has 2 rings (SSSR count). The van der Waals surface area contributed by atoms with Gasteiger partial charge in [0.05, 0.1) is 7.11 Å². The SMILES string of the molecule is COC(=O)C(O)c1cccc(C2CCC(C)CC2)c1. The summed E-state index contributed by atoms with van der Waals surface area (Å²) in [5.74, 6) is 0.774. The molecule has 3 nitrogen and oxygen atoms in total. The van der Waals surface area contributed by atoms with Gasteiger partial charge in [-0.15, -0.1) is 0 Å². The molecule has 1 aromatic carbocycles. The molecule has 1 aromatic rings. The minimum absolute atomic E-state index is 0.556. The second kappa shape index (κ2) is 6.20. The van der Waals surface area contributed by atoms with E-state index < -0.39 is 12.1 Å². The summed E-state index contributed by atoms with van der Waals surface area (Å²) in [7, 11) is 1.29. The normalized spacial score (nSPS) is 24.8. The highest BCUT2D eigenvalue weighted by Crippen LogP contribution is 2.36. The number of ether oxygens (including phenoxy) is 1. The summed E-state index contributed by atoms with van der Waals surface area (Å²) in [6, 6.07) is 7.72. The van der Waals surface area contributed by atoms with Crippen molar-refractivity contribution in [3.63, 3.8) is 0 Å². The summed E-state index contributed by atoms with van der Waals surface area (Å²) < 4.78 is 4.58. The molecule has 1 unspecified atom stereocenters. The van der Waals surface area contributed by atoms with Gasteiger partial charge in [-0.05, 0) is 35.8 Å². The van der Waals surface area contributed by atoms with Crippen LogP contribution in [0.2, 0.25) is 0 Å². The fourth-order valence-electron chi connectivity index (χ4n) is 2.82. The average molecular weight is 262 g/mol. The Morgan fingerprint density at radius 2 is 2.00 bits per heavy atom. The summed E-state index contributed by atoms with van der Waals surface area (Å²) in [6.45, 7) is 2.30. The molecule has 0 aliphatic heterocycles. The van der Waals surface area contributed by atoms with Gasteiger partial charge in [-0.2, -0.15) is 0 Å². The van der Waals surface area contributed by atoms with Gasteiger partial charge in [0.25, 0.3) is 0 Å². The van der Waals surface area contributed by atoms with Crippen LogP contribution in [0.4, 0.5) is 0 Å². The number of aliphatic hydroxyl groups excluding tert-OH is 1. The first kappa shape index (κ1) is 14.1. The first-order valence-electron chi connectivity index (χ1n) is 6.97. The van der Waals surface area contributed by atoms with E-state index in [2.05, 4.69) is 17.7 Å². The zero-order valence-electron chi connectivity index (χ0n) is 11.6. The molecule has 0 amide bonds. The number of carbonyl (C=O) groups is 1. The van der Waals surface area contributed by atoms with E-state index in [1.165, 1.54) is 38.4 Å². The lowest BCUT2D eigenvalue weighted by Crippen LogP contribution is -2.15. The summed E-state index contributed by atoms with van der Waals surface area (Å²) in [5.41, 5.74) is 1.86. The summed E-state index contributed by atoms with van der Waals surface area (Å²) in [4.78, 5) is 11.4. The third-order valence-corrected chi connectivity index (χ3v) is 4.14. The Labute approximate surface area is 114 Å². The highest BCUT2D eigenvalue weighted by Gasteiger charge is 2.22. The first-order chi connectivity index (χ1) is 9.11. The molecule has 0 radical (unpaired) electrons. The number of hydrogen-bond acceptors (Lipinski definition) is 3. The van der Waals surface area contributed by atoms with E-state index in [1.54, 1.807) is 6.07 Å². The second-order valence-corrected chi connectivity index (χ2v) is 5.55. The molecule has 1 fully saturated rings. The molecule has 0 bridgehead atoms. The van der Waals surface area contributed by atoms with Gasteiger partial charge in [-0.25, -0.2) is 4.79 Å². The van der Waals surface area contributed by atoms with Crippen molar-refractivity contribution in [2.24, 2.45) is 5.92 Å². The molecule has 1 aliphatic rings. The van der Waals surface area contributed by atoms with E-state index in [-0.39, 0.29) is 0 Å². The van der Waals surface area contributed by atoms with E-state index >= 15 is 0 Å². The topological polar surface area (TPSA) is 46.5 Å². The van der Waals surface area contributed by atoms with Crippen molar-refractivity contribution in [3.05, 3.63) is 35.4 Å². The summed E-state index contributed by atoms with van der Waals surface area (Å²) in [6.07, 6.45) is 3.73. The molecule has 1 N–H and O–H groups in total. The van der Waals surface area contributed by atoms with Crippen LogP contribution in [0.1, 0.15) is 55.8 Å². The molecular weight excluding hydrogens is 240 g/mol. The van der Waals surface area contributed by atoms with Crippen molar-refractivity contribution < 1.29 is 14.6 Å². The maximum Gasteiger partial charge on any atom is 0.339 e. The lowest BCUT2D eigenvalue weighted by molar-refractivity contribution is -0.150. The monoisotopic (exact) mass is 262 g/mol. The first-order valence-corrected chi connectivity index (χ1v) is 6.97. The smallest absolute Gasteiger partial charge is 0.339 e. The van der Waals surface area contributed by atoms with Crippen molar-refractivity contribution in [3.8, 4) is 0 Å². The molecule has 0 spiro atoms. The van der Waals surface area contributed by atoms with Crippen LogP contribution < -0.4 is 0 Å². The standard InChI is InChI=1S/C16H22O3/c1-11-6-8-12(9-7-11)13-4-3-5-14(10-13)15(17)16(18)19-2/h3-5,10-12,15,17H,6-9H2,1-2H3. The lowest BCUT2D eigenvalue weighted by atomic mass is 9.79. The molecule has 1 atom stereocenters. The largest absolute Gasteiger partial charge is 0.467 e. The Bertz CT molecular complexity index is 433.